The van der Waals surface area contributed by atoms with Crippen LogP contribution in [-0.2, 0) is 4.79 Å². The fourth-order valence-electron chi connectivity index (χ4n) is 3.18. The lowest BCUT2D eigenvalue weighted by atomic mass is 9.91. The zero-order chi connectivity index (χ0) is 14.9. The molecular weight excluding hydrogens is 325 g/mol. The van der Waals surface area contributed by atoms with E-state index in [1.165, 1.54) is 6.07 Å². The van der Waals surface area contributed by atoms with Gasteiger partial charge < -0.3 is 5.11 Å². The molecule has 0 radical (unpaired) electrons. The molecule has 0 bridgehead atoms. The van der Waals surface area contributed by atoms with Crippen molar-refractivity contribution in [3.8, 4) is 0 Å². The number of likely N-dealkylation sites (tertiary alicyclic amines) is 1. The zero-order valence-electron chi connectivity index (χ0n) is 11.7. The second kappa shape index (κ2) is 5.82. The molecule has 0 spiro atoms. The van der Waals surface area contributed by atoms with Crippen molar-refractivity contribution < 1.29 is 14.3 Å². The van der Waals surface area contributed by atoms with Crippen LogP contribution < -0.4 is 0 Å². The lowest BCUT2D eigenvalue weighted by Crippen LogP contribution is -2.50. The Morgan fingerprint density at radius 2 is 2.30 bits per heavy atom. The van der Waals surface area contributed by atoms with Crippen molar-refractivity contribution in [3.63, 3.8) is 0 Å². The molecule has 0 aliphatic carbocycles. The SMILES string of the molecule is CCC1(C(=O)O)CCCN1C(C)c1ccc(F)c(Br)c1. The summed E-state index contributed by atoms with van der Waals surface area (Å²) in [6.45, 7) is 4.66. The van der Waals surface area contributed by atoms with Gasteiger partial charge in [0.05, 0.1) is 4.47 Å². The van der Waals surface area contributed by atoms with E-state index < -0.39 is 11.5 Å². The number of carboxylic acid groups (broad SMARTS) is 1. The molecule has 110 valence electrons. The van der Waals surface area contributed by atoms with Gasteiger partial charge in [0.15, 0.2) is 0 Å². The first kappa shape index (κ1) is 15.4. The molecular formula is C15H19BrFNO2. The number of nitrogens with zero attached hydrogens (tertiary/aromatic N) is 1. The molecule has 1 aliphatic rings. The maximum Gasteiger partial charge on any atom is 0.324 e. The first-order chi connectivity index (χ1) is 9.42. The van der Waals surface area contributed by atoms with Gasteiger partial charge in [0, 0.05) is 6.04 Å². The summed E-state index contributed by atoms with van der Waals surface area (Å²) in [5.74, 6) is -1.06. The maximum atomic E-state index is 13.3. The molecule has 1 aromatic rings. The normalized spacial score (nSPS) is 24.8. The number of halogens is 2. The number of carboxylic acids is 1. The smallest absolute Gasteiger partial charge is 0.324 e. The van der Waals surface area contributed by atoms with Gasteiger partial charge in [-0.25, -0.2) is 4.39 Å². The second-order valence-corrected chi connectivity index (χ2v) is 6.19. The number of aliphatic carboxylic acids is 1. The van der Waals surface area contributed by atoms with Crippen LogP contribution in [0.15, 0.2) is 22.7 Å². The van der Waals surface area contributed by atoms with Gasteiger partial charge in [-0.15, -0.1) is 0 Å². The summed E-state index contributed by atoms with van der Waals surface area (Å²) < 4.78 is 13.7. The summed E-state index contributed by atoms with van der Waals surface area (Å²) in [6, 6.07) is 4.83. The van der Waals surface area contributed by atoms with Crippen LogP contribution in [0.4, 0.5) is 4.39 Å². The Morgan fingerprint density at radius 1 is 1.60 bits per heavy atom. The van der Waals surface area contributed by atoms with E-state index >= 15 is 0 Å². The van der Waals surface area contributed by atoms with Crippen LogP contribution in [-0.4, -0.2) is 28.1 Å². The highest BCUT2D eigenvalue weighted by Crippen LogP contribution is 2.39. The van der Waals surface area contributed by atoms with Crippen LogP contribution in [0.25, 0.3) is 0 Å². The molecule has 1 heterocycles. The Hall–Kier alpha value is -0.940. The molecule has 1 aromatic carbocycles. The van der Waals surface area contributed by atoms with Crippen molar-refractivity contribution in [1.82, 2.24) is 4.90 Å². The minimum atomic E-state index is -0.791. The molecule has 20 heavy (non-hydrogen) atoms. The van der Waals surface area contributed by atoms with Crippen LogP contribution in [0.3, 0.4) is 0 Å². The first-order valence-electron chi connectivity index (χ1n) is 6.87. The maximum absolute atomic E-state index is 13.3. The Kier molecular flexibility index (Phi) is 4.49. The highest BCUT2D eigenvalue weighted by atomic mass is 79.9. The lowest BCUT2D eigenvalue weighted by Gasteiger charge is -2.38. The summed E-state index contributed by atoms with van der Waals surface area (Å²) in [5, 5.41) is 9.62. The van der Waals surface area contributed by atoms with E-state index in [2.05, 4.69) is 15.9 Å². The predicted molar refractivity (Wildman–Crippen MR) is 79.1 cm³/mol. The van der Waals surface area contributed by atoms with Gasteiger partial charge in [-0.2, -0.15) is 0 Å². The van der Waals surface area contributed by atoms with Crippen molar-refractivity contribution in [2.45, 2.75) is 44.7 Å². The first-order valence-corrected chi connectivity index (χ1v) is 7.66. The summed E-state index contributed by atoms with van der Waals surface area (Å²) >= 11 is 3.19. The van der Waals surface area contributed by atoms with E-state index in [1.807, 2.05) is 18.7 Å². The van der Waals surface area contributed by atoms with E-state index in [0.29, 0.717) is 17.3 Å². The van der Waals surface area contributed by atoms with Gasteiger partial charge in [0.2, 0.25) is 0 Å². The number of benzene rings is 1. The second-order valence-electron chi connectivity index (χ2n) is 5.34. The number of rotatable bonds is 4. The number of carbonyl (C=O) groups is 1. The van der Waals surface area contributed by atoms with Crippen LogP contribution in [0.1, 0.15) is 44.7 Å². The third-order valence-electron chi connectivity index (χ3n) is 4.42. The molecule has 0 aromatic heterocycles. The molecule has 2 atom stereocenters. The average molecular weight is 344 g/mol. The van der Waals surface area contributed by atoms with Crippen molar-refractivity contribution in [2.24, 2.45) is 0 Å². The van der Waals surface area contributed by atoms with Gasteiger partial charge in [-0.05, 0) is 66.4 Å². The minimum absolute atomic E-state index is 0.0505. The quantitative estimate of drug-likeness (QED) is 0.898. The van der Waals surface area contributed by atoms with Crippen LogP contribution in [0.2, 0.25) is 0 Å². The van der Waals surface area contributed by atoms with E-state index in [-0.39, 0.29) is 11.9 Å². The number of hydrogen-bond donors (Lipinski definition) is 1. The molecule has 3 nitrogen and oxygen atoms in total. The summed E-state index contributed by atoms with van der Waals surface area (Å²) in [7, 11) is 0. The molecule has 2 unspecified atom stereocenters. The van der Waals surface area contributed by atoms with Crippen molar-refractivity contribution >= 4 is 21.9 Å². The van der Waals surface area contributed by atoms with Crippen molar-refractivity contribution in [1.29, 1.82) is 0 Å². The lowest BCUT2D eigenvalue weighted by molar-refractivity contribution is -0.151. The van der Waals surface area contributed by atoms with Gasteiger partial charge in [-0.3, -0.25) is 9.69 Å². The number of hydrogen-bond acceptors (Lipinski definition) is 2. The molecule has 1 N–H and O–H groups in total. The summed E-state index contributed by atoms with van der Waals surface area (Å²) in [4.78, 5) is 13.7. The Bertz CT molecular complexity index is 523. The highest BCUT2D eigenvalue weighted by Gasteiger charge is 2.48. The summed E-state index contributed by atoms with van der Waals surface area (Å²) in [6.07, 6.45) is 2.13. The Morgan fingerprint density at radius 3 is 2.85 bits per heavy atom. The summed E-state index contributed by atoms with van der Waals surface area (Å²) in [5.41, 5.74) is 0.138. The van der Waals surface area contributed by atoms with Crippen molar-refractivity contribution in [3.05, 3.63) is 34.1 Å². The Labute approximate surface area is 126 Å². The molecule has 1 aliphatic heterocycles. The fourth-order valence-corrected chi connectivity index (χ4v) is 3.57. The van der Waals surface area contributed by atoms with Gasteiger partial charge >= 0.3 is 5.97 Å². The zero-order valence-corrected chi connectivity index (χ0v) is 13.3. The molecule has 1 fully saturated rings. The predicted octanol–water partition coefficient (Wildman–Crippen LogP) is 3.98. The monoisotopic (exact) mass is 343 g/mol. The Balaban J connectivity index is 2.34. The van der Waals surface area contributed by atoms with Crippen LogP contribution in [0, 0.1) is 5.82 Å². The largest absolute Gasteiger partial charge is 0.480 e. The molecule has 2 rings (SSSR count). The van der Waals surface area contributed by atoms with E-state index in [0.717, 1.165) is 18.5 Å². The van der Waals surface area contributed by atoms with Gasteiger partial charge in [0.1, 0.15) is 11.4 Å². The highest BCUT2D eigenvalue weighted by molar-refractivity contribution is 9.10. The minimum Gasteiger partial charge on any atom is -0.480 e. The van der Waals surface area contributed by atoms with Gasteiger partial charge in [0.25, 0.3) is 0 Å². The van der Waals surface area contributed by atoms with Crippen LogP contribution in [0.5, 0.6) is 0 Å². The van der Waals surface area contributed by atoms with Crippen molar-refractivity contribution in [2.75, 3.05) is 6.54 Å². The van der Waals surface area contributed by atoms with Crippen LogP contribution >= 0.6 is 15.9 Å². The van der Waals surface area contributed by atoms with Gasteiger partial charge in [-0.1, -0.05) is 13.0 Å². The average Bonchev–Trinajstić information content (AvgIpc) is 2.86. The third kappa shape index (κ3) is 2.49. The third-order valence-corrected chi connectivity index (χ3v) is 5.02. The molecule has 5 heteroatoms. The van der Waals surface area contributed by atoms with E-state index in [4.69, 9.17) is 0 Å². The van der Waals surface area contributed by atoms with E-state index in [9.17, 15) is 14.3 Å². The molecule has 0 saturated carbocycles. The fraction of sp³-hybridized carbons (Fsp3) is 0.533. The molecule has 1 saturated heterocycles. The van der Waals surface area contributed by atoms with E-state index in [1.54, 1.807) is 12.1 Å². The topological polar surface area (TPSA) is 40.5 Å². The molecule has 0 amide bonds. The standard InChI is InChI=1S/C15H19BrFNO2/c1-3-15(14(19)20)7-4-8-18(15)10(2)11-5-6-13(17)12(16)9-11/h5-6,9-10H,3-4,7-8H2,1-2H3,(H,19,20).